The monoisotopic (exact) mass is 506 g/mol. The quantitative estimate of drug-likeness (QED) is 0.208. The molecular formula is C27H42N2O5S. The number of allylic oxidation sites excluding steroid dienone is 1. The first kappa shape index (κ1) is 27.8. The summed E-state index contributed by atoms with van der Waals surface area (Å²) in [6, 6.07) is -1.20. The second-order valence-corrected chi connectivity index (χ2v) is 11.7. The van der Waals surface area contributed by atoms with E-state index in [1.807, 2.05) is 6.08 Å². The van der Waals surface area contributed by atoms with Crippen molar-refractivity contribution < 1.29 is 24.2 Å². The molecule has 1 N–H and O–H groups in total. The Balaban J connectivity index is 1.87. The first-order chi connectivity index (χ1) is 16.9. The molecule has 35 heavy (non-hydrogen) atoms. The molecule has 8 heteroatoms. The van der Waals surface area contributed by atoms with Gasteiger partial charge in [-0.1, -0.05) is 31.9 Å². The Morgan fingerprint density at radius 3 is 2.71 bits per heavy atom. The van der Waals surface area contributed by atoms with E-state index in [4.69, 9.17) is 4.74 Å². The topological polar surface area (TPSA) is 87.1 Å². The van der Waals surface area contributed by atoms with Crippen LogP contribution in [0.1, 0.15) is 65.2 Å². The normalized spacial score (nSPS) is 29.7. The first-order valence-electron chi connectivity index (χ1n) is 13.2. The van der Waals surface area contributed by atoms with E-state index in [0.29, 0.717) is 26.1 Å². The predicted molar refractivity (Wildman–Crippen MR) is 139 cm³/mol. The largest absolute Gasteiger partial charge is 0.465 e. The number of fused-ring (bicyclic) bond motifs is 1. The lowest BCUT2D eigenvalue weighted by Crippen LogP contribution is -2.57. The van der Waals surface area contributed by atoms with Gasteiger partial charge in [0.15, 0.2) is 0 Å². The van der Waals surface area contributed by atoms with E-state index >= 15 is 0 Å². The third-order valence-corrected chi connectivity index (χ3v) is 9.67. The van der Waals surface area contributed by atoms with E-state index in [9.17, 15) is 19.5 Å². The van der Waals surface area contributed by atoms with Crippen LogP contribution in [0.15, 0.2) is 25.3 Å². The van der Waals surface area contributed by atoms with E-state index in [1.165, 1.54) is 0 Å². The highest BCUT2D eigenvalue weighted by Gasteiger charge is 2.74. The maximum absolute atomic E-state index is 14.0. The number of esters is 1. The third-order valence-electron chi connectivity index (χ3n) is 7.72. The number of ether oxygens (including phenoxy) is 1. The van der Waals surface area contributed by atoms with Crippen molar-refractivity contribution in [2.45, 2.75) is 87.3 Å². The zero-order chi connectivity index (χ0) is 25.6. The van der Waals surface area contributed by atoms with Crippen LogP contribution < -0.4 is 0 Å². The highest BCUT2D eigenvalue weighted by molar-refractivity contribution is 8.02. The summed E-state index contributed by atoms with van der Waals surface area (Å²) in [4.78, 5) is 44.5. The highest BCUT2D eigenvalue weighted by Crippen LogP contribution is 2.66. The van der Waals surface area contributed by atoms with Gasteiger partial charge in [0, 0.05) is 18.3 Å². The van der Waals surface area contributed by atoms with E-state index < -0.39 is 28.7 Å². The third kappa shape index (κ3) is 5.33. The van der Waals surface area contributed by atoms with Crippen molar-refractivity contribution in [3.63, 3.8) is 0 Å². The smallest absolute Gasteiger partial charge is 0.310 e. The van der Waals surface area contributed by atoms with Crippen LogP contribution in [0.25, 0.3) is 0 Å². The van der Waals surface area contributed by atoms with E-state index in [-0.39, 0.29) is 29.6 Å². The van der Waals surface area contributed by atoms with Crippen LogP contribution in [0.2, 0.25) is 0 Å². The Hall–Kier alpha value is -1.80. The molecule has 0 aromatic rings. The van der Waals surface area contributed by atoms with Crippen LogP contribution >= 0.6 is 11.8 Å². The molecular weight excluding hydrogens is 464 g/mol. The molecule has 2 unspecified atom stereocenters. The summed E-state index contributed by atoms with van der Waals surface area (Å²) in [6.07, 6.45) is 10.6. The standard InChI is InChI=1S/C27H42N2O5S/c1-5-8-10-12-17-34-26(33)21-20-13-14-27(35-20)22(21)24(31)29(19(4)18-30)23(27)25(32)28(15-7-3)16-11-9-6-2/h5,7,19-23,30H,1,3,6,8-18H2,2,4H3/t19-,20-,21+,22+,23?,27?/m1/s1. The van der Waals surface area contributed by atoms with Crippen molar-refractivity contribution >= 4 is 29.5 Å². The lowest BCUT2D eigenvalue weighted by Gasteiger charge is -2.38. The van der Waals surface area contributed by atoms with Crippen molar-refractivity contribution in [1.82, 2.24) is 9.80 Å². The van der Waals surface area contributed by atoms with Crippen LogP contribution in [0.3, 0.4) is 0 Å². The Bertz CT molecular complexity index is 804. The van der Waals surface area contributed by atoms with E-state index in [0.717, 1.165) is 44.9 Å². The Kier molecular flexibility index (Phi) is 9.87. The Labute approximate surface area is 214 Å². The van der Waals surface area contributed by atoms with Gasteiger partial charge in [0.25, 0.3) is 0 Å². The molecule has 0 radical (unpaired) electrons. The Morgan fingerprint density at radius 1 is 1.29 bits per heavy atom. The van der Waals surface area contributed by atoms with Crippen molar-refractivity contribution in [2.75, 3.05) is 26.3 Å². The van der Waals surface area contributed by atoms with Crippen LogP contribution in [0.4, 0.5) is 0 Å². The fourth-order valence-electron chi connectivity index (χ4n) is 6.03. The van der Waals surface area contributed by atoms with Crippen molar-refractivity contribution in [3.8, 4) is 0 Å². The van der Waals surface area contributed by atoms with Gasteiger partial charge in [-0.3, -0.25) is 14.4 Å². The number of unbranched alkanes of at least 4 members (excludes halogenated alkanes) is 4. The van der Waals surface area contributed by atoms with Gasteiger partial charge in [-0.25, -0.2) is 0 Å². The molecule has 0 aliphatic carbocycles. The summed E-state index contributed by atoms with van der Waals surface area (Å²) in [6.45, 7) is 12.6. The van der Waals surface area contributed by atoms with Gasteiger partial charge in [-0.05, 0) is 45.4 Å². The molecule has 0 saturated carbocycles. The number of nitrogens with zero attached hydrogens (tertiary/aromatic N) is 2. The number of likely N-dealkylation sites (tertiary alicyclic amines) is 1. The summed E-state index contributed by atoms with van der Waals surface area (Å²) < 4.78 is 4.98. The summed E-state index contributed by atoms with van der Waals surface area (Å²) in [5, 5.41) is 9.97. The average molecular weight is 507 g/mol. The number of carbonyl (C=O) groups is 3. The molecule has 1 spiro atoms. The van der Waals surface area contributed by atoms with Crippen LogP contribution in [0, 0.1) is 11.8 Å². The molecule has 6 atom stereocenters. The lowest BCUT2D eigenvalue weighted by molar-refractivity contribution is -0.154. The number of rotatable bonds is 15. The van der Waals surface area contributed by atoms with Crippen LogP contribution in [-0.2, 0) is 19.1 Å². The minimum absolute atomic E-state index is 0.0144. The van der Waals surface area contributed by atoms with Crippen molar-refractivity contribution in [3.05, 3.63) is 25.3 Å². The number of hydrogen-bond acceptors (Lipinski definition) is 6. The van der Waals surface area contributed by atoms with Crippen LogP contribution in [0.5, 0.6) is 0 Å². The van der Waals surface area contributed by atoms with E-state index in [2.05, 4.69) is 20.1 Å². The van der Waals surface area contributed by atoms with Gasteiger partial charge < -0.3 is 19.6 Å². The van der Waals surface area contributed by atoms with Crippen molar-refractivity contribution in [2.24, 2.45) is 11.8 Å². The van der Waals surface area contributed by atoms with Gasteiger partial charge in [0.2, 0.25) is 11.8 Å². The maximum atomic E-state index is 14.0. The lowest BCUT2D eigenvalue weighted by atomic mass is 9.71. The highest BCUT2D eigenvalue weighted by atomic mass is 32.2. The SMILES string of the molecule is C=CCCCCOC(=O)[C@@H]1[C@H]2C(=O)N([C@H](C)CO)C(C(=O)N(CC=C)CCCCC)C23CC[C@H]1S3. The number of aliphatic hydroxyl groups is 1. The molecule has 3 rings (SSSR count). The second kappa shape index (κ2) is 12.4. The molecule has 2 amide bonds. The molecule has 0 aromatic carbocycles. The molecule has 196 valence electrons. The summed E-state index contributed by atoms with van der Waals surface area (Å²) >= 11 is 1.64. The molecule has 3 fully saturated rings. The van der Waals surface area contributed by atoms with Gasteiger partial charge >= 0.3 is 5.97 Å². The van der Waals surface area contributed by atoms with Crippen LogP contribution in [-0.4, -0.2) is 81.1 Å². The van der Waals surface area contributed by atoms with Gasteiger partial charge in [0.05, 0.1) is 35.8 Å². The zero-order valence-corrected chi connectivity index (χ0v) is 22.1. The van der Waals surface area contributed by atoms with Gasteiger partial charge in [-0.2, -0.15) is 0 Å². The molecule has 3 aliphatic rings. The fraction of sp³-hybridized carbons (Fsp3) is 0.741. The maximum Gasteiger partial charge on any atom is 0.310 e. The molecule has 3 aliphatic heterocycles. The number of amides is 2. The van der Waals surface area contributed by atoms with Gasteiger partial charge in [0.1, 0.15) is 6.04 Å². The number of thioether (sulfide) groups is 1. The molecule has 7 nitrogen and oxygen atoms in total. The molecule has 0 aromatic heterocycles. The number of carbonyl (C=O) groups excluding carboxylic acids is 3. The zero-order valence-electron chi connectivity index (χ0n) is 21.3. The minimum Gasteiger partial charge on any atom is -0.465 e. The average Bonchev–Trinajstić information content (AvgIpc) is 3.50. The first-order valence-corrected chi connectivity index (χ1v) is 14.0. The predicted octanol–water partition coefficient (Wildman–Crippen LogP) is 3.56. The summed E-state index contributed by atoms with van der Waals surface area (Å²) in [7, 11) is 0. The summed E-state index contributed by atoms with van der Waals surface area (Å²) in [5.41, 5.74) is 0. The molecule has 2 bridgehead atoms. The molecule has 3 saturated heterocycles. The minimum atomic E-state index is -0.691. The van der Waals surface area contributed by atoms with Gasteiger partial charge in [-0.15, -0.1) is 24.9 Å². The fourth-order valence-corrected chi connectivity index (χ4v) is 8.22. The van der Waals surface area contributed by atoms with E-state index in [1.54, 1.807) is 34.6 Å². The van der Waals surface area contributed by atoms with Crippen molar-refractivity contribution in [1.29, 1.82) is 0 Å². The summed E-state index contributed by atoms with van der Waals surface area (Å²) in [5.74, 6) is -1.74. The Morgan fingerprint density at radius 2 is 2.06 bits per heavy atom. The number of hydrogen-bond donors (Lipinski definition) is 1. The molecule has 3 heterocycles. The second-order valence-electron chi connectivity index (χ2n) is 10.1. The number of aliphatic hydroxyl groups excluding tert-OH is 1.